The fourth-order valence-electron chi connectivity index (χ4n) is 5.10. The molecular formula is C25H27NO5S. The van der Waals surface area contributed by atoms with E-state index in [1.807, 2.05) is 30.3 Å². The Morgan fingerprint density at radius 1 is 1.16 bits per heavy atom. The third-order valence-electron chi connectivity index (χ3n) is 6.67. The summed E-state index contributed by atoms with van der Waals surface area (Å²) in [6, 6.07) is 9.82. The minimum atomic E-state index is -0.361. The van der Waals surface area contributed by atoms with E-state index in [0.717, 1.165) is 49.7 Å². The molecule has 1 aromatic heterocycles. The highest BCUT2D eigenvalue weighted by atomic mass is 32.1. The van der Waals surface area contributed by atoms with Crippen LogP contribution in [0.1, 0.15) is 57.8 Å². The second-order valence-electron chi connectivity index (χ2n) is 8.99. The van der Waals surface area contributed by atoms with Gasteiger partial charge in [-0.15, -0.1) is 11.3 Å². The maximum atomic E-state index is 12.3. The normalized spacial score (nSPS) is 25.3. The van der Waals surface area contributed by atoms with Crippen molar-refractivity contribution in [2.45, 2.75) is 57.3 Å². The molecule has 3 aliphatic rings. The smallest absolute Gasteiger partial charge is 0.407 e. The summed E-state index contributed by atoms with van der Waals surface area (Å²) in [6.07, 6.45) is 9.63. The molecule has 1 aromatic carbocycles. The molecule has 1 spiro atoms. The number of rotatable bonds is 6. The fraction of sp³-hybridized carbons (Fsp3) is 0.440. The SMILES string of the molecule is COC(=O)c1sc2c(c1OC1CC3(CC(NC(=O)OCc4ccccc4)C3)C1)C=CCC2. The van der Waals surface area contributed by atoms with E-state index >= 15 is 0 Å². The summed E-state index contributed by atoms with van der Waals surface area (Å²) < 4.78 is 16.6. The number of carbonyl (C=O) groups is 2. The van der Waals surface area contributed by atoms with Crippen LogP contribution in [-0.2, 0) is 22.5 Å². The number of fused-ring (bicyclic) bond motifs is 1. The van der Waals surface area contributed by atoms with Crippen molar-refractivity contribution in [3.63, 3.8) is 0 Å². The van der Waals surface area contributed by atoms with E-state index in [1.165, 1.54) is 23.3 Å². The van der Waals surface area contributed by atoms with E-state index in [0.29, 0.717) is 10.6 Å². The predicted molar refractivity (Wildman–Crippen MR) is 122 cm³/mol. The van der Waals surface area contributed by atoms with Gasteiger partial charge >= 0.3 is 12.1 Å². The molecule has 0 atom stereocenters. The third kappa shape index (κ3) is 4.13. The molecule has 0 aliphatic heterocycles. The van der Waals surface area contributed by atoms with E-state index in [2.05, 4.69) is 17.5 Å². The molecule has 3 aliphatic carbocycles. The Kier molecular flexibility index (Phi) is 5.67. The number of alkyl carbamates (subject to hydrolysis) is 1. The molecule has 6 nitrogen and oxygen atoms in total. The van der Waals surface area contributed by atoms with Crippen LogP contribution in [0.3, 0.4) is 0 Å². The lowest BCUT2D eigenvalue weighted by atomic mass is 9.53. The molecule has 32 heavy (non-hydrogen) atoms. The number of nitrogens with one attached hydrogen (secondary N) is 1. The Morgan fingerprint density at radius 2 is 1.94 bits per heavy atom. The van der Waals surface area contributed by atoms with Crippen LogP contribution in [0, 0.1) is 5.41 Å². The Hall–Kier alpha value is -2.80. The Bertz CT molecular complexity index is 1030. The Morgan fingerprint density at radius 3 is 2.69 bits per heavy atom. The van der Waals surface area contributed by atoms with Gasteiger partial charge in [0.1, 0.15) is 6.61 Å². The maximum absolute atomic E-state index is 12.3. The van der Waals surface area contributed by atoms with Crippen molar-refractivity contribution in [3.8, 4) is 5.75 Å². The molecule has 0 radical (unpaired) electrons. The van der Waals surface area contributed by atoms with Gasteiger partial charge in [-0.1, -0.05) is 42.5 Å². The maximum Gasteiger partial charge on any atom is 0.407 e. The van der Waals surface area contributed by atoms with Crippen LogP contribution in [0.25, 0.3) is 6.08 Å². The summed E-state index contributed by atoms with van der Waals surface area (Å²) in [5, 5.41) is 2.97. The number of carbonyl (C=O) groups excluding carboxylic acids is 2. The van der Waals surface area contributed by atoms with Gasteiger partial charge in [0.15, 0.2) is 10.6 Å². The van der Waals surface area contributed by atoms with Crippen molar-refractivity contribution in [2.24, 2.45) is 5.41 Å². The fourth-order valence-corrected chi connectivity index (χ4v) is 6.25. The zero-order valence-corrected chi connectivity index (χ0v) is 18.9. The first-order chi connectivity index (χ1) is 15.5. The largest absolute Gasteiger partial charge is 0.488 e. The van der Waals surface area contributed by atoms with E-state index in [4.69, 9.17) is 14.2 Å². The van der Waals surface area contributed by atoms with Crippen LogP contribution in [-0.4, -0.2) is 31.3 Å². The van der Waals surface area contributed by atoms with Crippen LogP contribution in [0.5, 0.6) is 5.75 Å². The summed E-state index contributed by atoms with van der Waals surface area (Å²) >= 11 is 1.49. The van der Waals surface area contributed by atoms with Crippen molar-refractivity contribution >= 4 is 29.5 Å². The molecule has 7 heteroatoms. The lowest BCUT2D eigenvalue weighted by Gasteiger charge is -2.57. The van der Waals surface area contributed by atoms with Gasteiger partial charge in [0.05, 0.1) is 13.2 Å². The molecule has 2 fully saturated rings. The number of ether oxygens (including phenoxy) is 3. The average Bonchev–Trinajstić information content (AvgIpc) is 3.13. The summed E-state index contributed by atoms with van der Waals surface area (Å²) in [4.78, 5) is 26.1. The van der Waals surface area contributed by atoms with Crippen LogP contribution in [0.2, 0.25) is 0 Å². The summed E-state index contributed by atoms with van der Waals surface area (Å²) in [5.74, 6) is 0.356. The van der Waals surface area contributed by atoms with E-state index in [1.54, 1.807) is 0 Å². The van der Waals surface area contributed by atoms with Crippen molar-refractivity contribution in [1.29, 1.82) is 0 Å². The molecule has 2 aromatic rings. The minimum Gasteiger partial charge on any atom is -0.488 e. The highest BCUT2D eigenvalue weighted by Gasteiger charge is 2.54. The molecule has 0 unspecified atom stereocenters. The lowest BCUT2D eigenvalue weighted by Crippen LogP contribution is -2.58. The van der Waals surface area contributed by atoms with Gasteiger partial charge < -0.3 is 19.5 Å². The molecule has 2 saturated carbocycles. The zero-order chi connectivity index (χ0) is 22.1. The monoisotopic (exact) mass is 453 g/mol. The number of hydrogen-bond acceptors (Lipinski definition) is 6. The zero-order valence-electron chi connectivity index (χ0n) is 18.1. The molecule has 0 saturated heterocycles. The van der Waals surface area contributed by atoms with Gasteiger partial charge in [-0.3, -0.25) is 0 Å². The van der Waals surface area contributed by atoms with Crippen LogP contribution in [0.15, 0.2) is 36.4 Å². The quantitative estimate of drug-likeness (QED) is 0.615. The minimum absolute atomic E-state index is 0.0958. The Labute approximate surface area is 191 Å². The van der Waals surface area contributed by atoms with Crippen LogP contribution >= 0.6 is 11.3 Å². The summed E-state index contributed by atoms with van der Waals surface area (Å²) in [5.41, 5.74) is 2.25. The molecule has 0 bridgehead atoms. The summed E-state index contributed by atoms with van der Waals surface area (Å²) in [7, 11) is 1.41. The van der Waals surface area contributed by atoms with E-state index in [-0.39, 0.29) is 36.2 Å². The number of esters is 1. The first-order valence-corrected chi connectivity index (χ1v) is 11.9. The topological polar surface area (TPSA) is 73.9 Å². The first kappa shape index (κ1) is 21.1. The van der Waals surface area contributed by atoms with Crippen molar-refractivity contribution in [1.82, 2.24) is 5.32 Å². The third-order valence-corrected chi connectivity index (χ3v) is 7.90. The predicted octanol–water partition coefficient (Wildman–Crippen LogP) is 5.11. The summed E-state index contributed by atoms with van der Waals surface area (Å²) in [6.45, 7) is 0.280. The standard InChI is InChI=1S/C25H27NO5S/c1-29-23(27)22-21(19-9-5-6-10-20(19)32-22)31-18-13-25(14-18)11-17(12-25)26-24(28)30-15-16-7-3-2-4-8-16/h2-5,7-9,17-18H,6,10-15H2,1H3,(H,26,28). The van der Waals surface area contributed by atoms with Gasteiger partial charge in [-0.05, 0) is 49.5 Å². The highest BCUT2D eigenvalue weighted by Crippen LogP contribution is 2.57. The van der Waals surface area contributed by atoms with Gasteiger partial charge in [0.2, 0.25) is 0 Å². The number of hydrogen-bond donors (Lipinski definition) is 1. The van der Waals surface area contributed by atoms with Gasteiger partial charge in [0.25, 0.3) is 0 Å². The lowest BCUT2D eigenvalue weighted by molar-refractivity contribution is -0.0844. The van der Waals surface area contributed by atoms with Gasteiger partial charge in [-0.25, -0.2) is 9.59 Å². The van der Waals surface area contributed by atoms with Crippen LogP contribution in [0.4, 0.5) is 4.79 Å². The number of aryl methyl sites for hydroxylation is 1. The number of methoxy groups -OCH3 is 1. The van der Waals surface area contributed by atoms with Gasteiger partial charge in [-0.2, -0.15) is 0 Å². The van der Waals surface area contributed by atoms with Crippen molar-refractivity contribution in [3.05, 3.63) is 57.3 Å². The van der Waals surface area contributed by atoms with E-state index < -0.39 is 0 Å². The molecule has 1 amide bonds. The number of thiophene rings is 1. The van der Waals surface area contributed by atoms with Crippen molar-refractivity contribution in [2.75, 3.05) is 7.11 Å². The Balaban J connectivity index is 1.11. The molecular weight excluding hydrogens is 426 g/mol. The van der Waals surface area contributed by atoms with Crippen molar-refractivity contribution < 1.29 is 23.8 Å². The average molecular weight is 454 g/mol. The molecule has 1 heterocycles. The molecule has 168 valence electrons. The molecule has 5 rings (SSSR count). The number of amides is 1. The second-order valence-corrected chi connectivity index (χ2v) is 10.1. The van der Waals surface area contributed by atoms with E-state index in [9.17, 15) is 9.59 Å². The number of benzene rings is 1. The van der Waals surface area contributed by atoms with Gasteiger partial charge in [0, 0.05) is 16.5 Å². The number of allylic oxidation sites excluding steroid dienone is 1. The molecule has 1 N–H and O–H groups in total. The van der Waals surface area contributed by atoms with Crippen LogP contribution < -0.4 is 10.1 Å². The first-order valence-electron chi connectivity index (χ1n) is 11.1. The highest BCUT2D eigenvalue weighted by molar-refractivity contribution is 7.14. The second kappa shape index (κ2) is 8.62.